The Hall–Kier alpha value is -1.99. The van der Waals surface area contributed by atoms with Gasteiger partial charge in [0.2, 0.25) is 6.54 Å². The summed E-state index contributed by atoms with van der Waals surface area (Å²) >= 11 is 0. The Bertz CT molecular complexity index is 464. The summed E-state index contributed by atoms with van der Waals surface area (Å²) in [7, 11) is 0. The van der Waals surface area contributed by atoms with Crippen molar-refractivity contribution in [2.75, 3.05) is 13.1 Å². The topological polar surface area (TPSA) is 116 Å². The first kappa shape index (κ1) is 18.1. The highest BCUT2D eigenvalue weighted by molar-refractivity contribution is 5.89. The van der Waals surface area contributed by atoms with Crippen molar-refractivity contribution in [2.45, 2.75) is 39.7 Å². The number of amides is 1. The van der Waals surface area contributed by atoms with Crippen molar-refractivity contribution in [3.63, 3.8) is 0 Å². The molecule has 1 aliphatic carbocycles. The van der Waals surface area contributed by atoms with Crippen molar-refractivity contribution in [2.24, 2.45) is 17.8 Å². The predicted molar refractivity (Wildman–Crippen MR) is 76.5 cm³/mol. The van der Waals surface area contributed by atoms with Crippen LogP contribution >= 0.6 is 0 Å². The number of ketones is 1. The normalized spacial score (nSPS) is 25.6. The van der Waals surface area contributed by atoms with E-state index in [1.807, 2.05) is 0 Å². The number of nitrogens with one attached hydrogen (secondary N) is 1. The van der Waals surface area contributed by atoms with E-state index in [0.717, 1.165) is 0 Å². The fraction of sp³-hybridized carbons (Fsp3) is 0.786. The lowest BCUT2D eigenvalue weighted by Crippen LogP contribution is -2.36. The molecule has 0 bridgehead atoms. The van der Waals surface area contributed by atoms with Crippen molar-refractivity contribution < 1.29 is 24.0 Å². The Morgan fingerprint density at radius 2 is 2.14 bits per heavy atom. The van der Waals surface area contributed by atoms with Crippen LogP contribution in [0.2, 0.25) is 0 Å². The molecule has 1 N–H and O–H groups in total. The number of ether oxygens (including phenoxy) is 1. The number of likely N-dealkylation sites (N-methyl/N-ethyl adjacent to an activating group) is 1. The quantitative estimate of drug-likeness (QED) is 0.417. The third-order valence-electron chi connectivity index (χ3n) is 3.96. The number of carbonyl (C=O) groups excluding carboxylic acids is 3. The van der Waals surface area contributed by atoms with E-state index < -0.39 is 34.7 Å². The van der Waals surface area contributed by atoms with E-state index in [9.17, 15) is 24.5 Å². The van der Waals surface area contributed by atoms with Crippen LogP contribution in [0.5, 0.6) is 0 Å². The zero-order valence-electron chi connectivity index (χ0n) is 13.0. The number of nitrogens with zero attached hydrogens (tertiary/aromatic N) is 1. The van der Waals surface area contributed by atoms with Gasteiger partial charge >= 0.3 is 5.97 Å². The van der Waals surface area contributed by atoms with Crippen molar-refractivity contribution in [3.8, 4) is 0 Å². The summed E-state index contributed by atoms with van der Waals surface area (Å²) in [6.45, 7) is 5.04. The van der Waals surface area contributed by atoms with Crippen LogP contribution < -0.4 is 5.32 Å². The molecular formula is C14H22N2O6. The molecule has 0 aromatic heterocycles. The van der Waals surface area contributed by atoms with Crippen molar-refractivity contribution >= 4 is 17.7 Å². The Morgan fingerprint density at radius 3 is 2.68 bits per heavy atom. The number of carbonyl (C=O) groups is 3. The standard InChI is InChI=1S/C14H22N2O6/c1-4-15-14(19)9(3)22-13(18)6-10-11(7-16(20)21)8(2)5-12(10)17/h8-11H,4-7H2,1-3H3,(H,15,19)/t8-,9+,10-,11-/m1/s1. The van der Waals surface area contributed by atoms with Crippen LogP contribution in [-0.2, 0) is 19.1 Å². The van der Waals surface area contributed by atoms with Crippen molar-refractivity contribution in [1.82, 2.24) is 5.32 Å². The van der Waals surface area contributed by atoms with Gasteiger partial charge in [0, 0.05) is 29.7 Å². The molecule has 8 nitrogen and oxygen atoms in total. The van der Waals surface area contributed by atoms with Crippen LogP contribution in [0.1, 0.15) is 33.6 Å². The largest absolute Gasteiger partial charge is 0.453 e. The number of hydrogen-bond acceptors (Lipinski definition) is 6. The molecule has 0 aliphatic heterocycles. The summed E-state index contributed by atoms with van der Waals surface area (Å²) in [6, 6.07) is 0. The van der Waals surface area contributed by atoms with Gasteiger partial charge in [-0.1, -0.05) is 6.92 Å². The first-order valence-electron chi connectivity index (χ1n) is 7.37. The number of Topliss-reactive ketones (excluding diaryl/α,β-unsaturated/α-hetero) is 1. The maximum absolute atomic E-state index is 11.9. The van der Waals surface area contributed by atoms with E-state index in [-0.39, 0.29) is 31.1 Å². The summed E-state index contributed by atoms with van der Waals surface area (Å²) < 4.78 is 4.99. The van der Waals surface area contributed by atoms with Crippen LogP contribution in [0.25, 0.3) is 0 Å². The van der Waals surface area contributed by atoms with Crippen molar-refractivity contribution in [3.05, 3.63) is 10.1 Å². The molecule has 22 heavy (non-hydrogen) atoms. The summed E-state index contributed by atoms with van der Waals surface area (Å²) in [5, 5.41) is 13.2. The summed E-state index contributed by atoms with van der Waals surface area (Å²) in [5.41, 5.74) is 0. The molecule has 0 spiro atoms. The minimum Gasteiger partial charge on any atom is -0.453 e. The second kappa shape index (κ2) is 7.86. The van der Waals surface area contributed by atoms with Gasteiger partial charge in [-0.3, -0.25) is 24.5 Å². The van der Waals surface area contributed by atoms with Gasteiger partial charge in [0.15, 0.2) is 6.10 Å². The average Bonchev–Trinajstić information content (AvgIpc) is 2.65. The predicted octanol–water partition coefficient (Wildman–Crippen LogP) is 0.562. The molecule has 0 saturated heterocycles. The van der Waals surface area contributed by atoms with Gasteiger partial charge < -0.3 is 10.1 Å². The third-order valence-corrected chi connectivity index (χ3v) is 3.96. The van der Waals surface area contributed by atoms with Crippen molar-refractivity contribution in [1.29, 1.82) is 0 Å². The van der Waals surface area contributed by atoms with E-state index in [0.29, 0.717) is 6.54 Å². The van der Waals surface area contributed by atoms with Crippen LogP contribution in [0.4, 0.5) is 0 Å². The van der Waals surface area contributed by atoms with Gasteiger partial charge in [0.05, 0.1) is 6.42 Å². The molecule has 1 amide bonds. The fourth-order valence-corrected chi connectivity index (χ4v) is 2.80. The number of hydrogen-bond donors (Lipinski definition) is 1. The van der Waals surface area contributed by atoms with E-state index in [2.05, 4.69) is 5.32 Å². The maximum Gasteiger partial charge on any atom is 0.307 e. The Morgan fingerprint density at radius 1 is 1.50 bits per heavy atom. The number of rotatable bonds is 7. The first-order valence-corrected chi connectivity index (χ1v) is 7.37. The minimum absolute atomic E-state index is 0.128. The van der Waals surface area contributed by atoms with E-state index in [1.54, 1.807) is 13.8 Å². The zero-order chi connectivity index (χ0) is 16.9. The van der Waals surface area contributed by atoms with Crippen LogP contribution in [0.3, 0.4) is 0 Å². The molecule has 0 aromatic rings. The second-order valence-electron chi connectivity index (χ2n) is 5.66. The lowest BCUT2D eigenvalue weighted by Gasteiger charge is -2.18. The highest BCUT2D eigenvalue weighted by Crippen LogP contribution is 2.36. The zero-order valence-corrected chi connectivity index (χ0v) is 13.0. The minimum atomic E-state index is -0.949. The lowest BCUT2D eigenvalue weighted by molar-refractivity contribution is -0.490. The molecule has 0 unspecified atom stereocenters. The van der Waals surface area contributed by atoms with Gasteiger partial charge in [0.1, 0.15) is 5.78 Å². The van der Waals surface area contributed by atoms with E-state index in [4.69, 9.17) is 4.74 Å². The van der Waals surface area contributed by atoms with Gasteiger partial charge in [-0.15, -0.1) is 0 Å². The summed E-state index contributed by atoms with van der Waals surface area (Å²) in [6.07, 6.45) is -0.927. The van der Waals surface area contributed by atoms with Gasteiger partial charge in [-0.2, -0.15) is 0 Å². The molecule has 0 heterocycles. The second-order valence-corrected chi connectivity index (χ2v) is 5.66. The Labute approximate surface area is 128 Å². The van der Waals surface area contributed by atoms with E-state index >= 15 is 0 Å². The number of nitro groups is 1. The monoisotopic (exact) mass is 314 g/mol. The maximum atomic E-state index is 11.9. The Kier molecular flexibility index (Phi) is 6.45. The SMILES string of the molecule is CCNC(=O)[C@H](C)OC(=O)C[C@H]1C(=O)C[C@@H](C)[C@H]1C[N+](=O)[O-]. The molecule has 4 atom stereocenters. The van der Waals surface area contributed by atoms with E-state index in [1.165, 1.54) is 6.92 Å². The highest BCUT2D eigenvalue weighted by Gasteiger charge is 2.44. The molecule has 1 fully saturated rings. The molecular weight excluding hydrogens is 292 g/mol. The average molecular weight is 314 g/mol. The molecule has 124 valence electrons. The van der Waals surface area contributed by atoms with Crippen LogP contribution in [-0.4, -0.2) is 41.8 Å². The first-order chi connectivity index (χ1) is 10.3. The Balaban J connectivity index is 2.62. The van der Waals surface area contributed by atoms with Gasteiger partial charge in [0.25, 0.3) is 5.91 Å². The smallest absolute Gasteiger partial charge is 0.307 e. The van der Waals surface area contributed by atoms with Gasteiger partial charge in [-0.05, 0) is 19.8 Å². The number of esters is 1. The summed E-state index contributed by atoms with van der Waals surface area (Å²) in [4.78, 5) is 45.5. The fourth-order valence-electron chi connectivity index (χ4n) is 2.80. The molecule has 0 aromatic carbocycles. The lowest BCUT2D eigenvalue weighted by atomic mass is 9.88. The summed E-state index contributed by atoms with van der Waals surface area (Å²) in [5.74, 6) is -2.54. The third kappa shape index (κ3) is 4.78. The molecule has 1 aliphatic rings. The molecule has 1 saturated carbocycles. The van der Waals surface area contributed by atoms with Crippen LogP contribution in [0.15, 0.2) is 0 Å². The van der Waals surface area contributed by atoms with Gasteiger partial charge in [-0.25, -0.2) is 0 Å². The molecule has 0 radical (unpaired) electrons. The highest BCUT2D eigenvalue weighted by atomic mass is 16.6. The van der Waals surface area contributed by atoms with Crippen LogP contribution in [0, 0.1) is 27.9 Å². The molecule has 1 rings (SSSR count). The molecule has 8 heteroatoms.